The van der Waals surface area contributed by atoms with Gasteiger partial charge in [-0.05, 0) is 37.5 Å². The molecule has 2 fully saturated rings. The summed E-state index contributed by atoms with van der Waals surface area (Å²) in [7, 11) is 0. The van der Waals surface area contributed by atoms with Crippen molar-refractivity contribution in [1.82, 2.24) is 5.32 Å². The van der Waals surface area contributed by atoms with Gasteiger partial charge >= 0.3 is 0 Å². The third kappa shape index (κ3) is 2.07. The SMILES string of the molecule is CC(C)NC1C2CCCC1CCC2. The van der Waals surface area contributed by atoms with Gasteiger partial charge in [0.15, 0.2) is 0 Å². The fraction of sp³-hybridized carbons (Fsp3) is 1.00. The Balaban J connectivity index is 1.98. The van der Waals surface area contributed by atoms with Crippen LogP contribution < -0.4 is 5.32 Å². The van der Waals surface area contributed by atoms with Crippen LogP contribution in [0.25, 0.3) is 0 Å². The van der Waals surface area contributed by atoms with E-state index in [9.17, 15) is 0 Å². The summed E-state index contributed by atoms with van der Waals surface area (Å²) in [6, 6.07) is 1.54. The normalized spacial score (nSPS) is 39.5. The monoisotopic (exact) mass is 181 g/mol. The Morgan fingerprint density at radius 3 is 1.77 bits per heavy atom. The second-order valence-corrected chi connectivity index (χ2v) is 5.23. The number of rotatable bonds is 2. The minimum absolute atomic E-state index is 0.672. The van der Waals surface area contributed by atoms with E-state index in [0.29, 0.717) is 6.04 Å². The smallest absolute Gasteiger partial charge is 0.0126 e. The maximum Gasteiger partial charge on any atom is 0.0126 e. The highest BCUT2D eigenvalue weighted by Gasteiger charge is 2.35. The van der Waals surface area contributed by atoms with E-state index in [1.54, 1.807) is 0 Å². The molecule has 0 saturated heterocycles. The first-order valence-electron chi connectivity index (χ1n) is 6.03. The molecule has 1 N–H and O–H groups in total. The topological polar surface area (TPSA) is 12.0 Å². The minimum atomic E-state index is 0.672. The summed E-state index contributed by atoms with van der Waals surface area (Å²) in [6.45, 7) is 4.56. The van der Waals surface area contributed by atoms with Crippen molar-refractivity contribution in [2.75, 3.05) is 0 Å². The number of fused-ring (bicyclic) bond motifs is 2. The number of hydrogen-bond acceptors (Lipinski definition) is 1. The molecule has 2 bridgehead atoms. The molecule has 0 aromatic heterocycles. The Morgan fingerprint density at radius 2 is 1.38 bits per heavy atom. The van der Waals surface area contributed by atoms with Gasteiger partial charge in [0.2, 0.25) is 0 Å². The molecular weight excluding hydrogens is 158 g/mol. The van der Waals surface area contributed by atoms with Gasteiger partial charge in [0.05, 0.1) is 0 Å². The van der Waals surface area contributed by atoms with Crippen molar-refractivity contribution in [1.29, 1.82) is 0 Å². The first kappa shape index (κ1) is 9.51. The summed E-state index contributed by atoms with van der Waals surface area (Å²) in [6.07, 6.45) is 8.93. The highest BCUT2D eigenvalue weighted by Crippen LogP contribution is 2.40. The first-order chi connectivity index (χ1) is 6.27. The summed E-state index contributed by atoms with van der Waals surface area (Å²) < 4.78 is 0. The van der Waals surface area contributed by atoms with Crippen LogP contribution in [0, 0.1) is 11.8 Å². The lowest BCUT2D eigenvalue weighted by Gasteiger charge is -2.44. The van der Waals surface area contributed by atoms with Crippen molar-refractivity contribution >= 4 is 0 Å². The third-order valence-electron chi connectivity index (χ3n) is 3.84. The molecule has 0 heterocycles. The molecule has 13 heavy (non-hydrogen) atoms. The van der Waals surface area contributed by atoms with Crippen LogP contribution in [0.2, 0.25) is 0 Å². The zero-order valence-corrected chi connectivity index (χ0v) is 9.05. The van der Waals surface area contributed by atoms with E-state index >= 15 is 0 Å². The number of hydrogen-bond donors (Lipinski definition) is 1. The molecule has 2 aliphatic rings. The standard InChI is InChI=1S/C12H23N/c1-9(2)13-12-10-5-3-6-11(12)8-4-7-10/h9-13H,3-8H2,1-2H3. The fourth-order valence-electron chi connectivity index (χ4n) is 3.33. The average Bonchev–Trinajstić information content (AvgIpc) is 2.02. The molecule has 1 heteroatoms. The van der Waals surface area contributed by atoms with Gasteiger partial charge < -0.3 is 5.32 Å². The molecule has 0 radical (unpaired) electrons. The van der Waals surface area contributed by atoms with Crippen LogP contribution in [-0.4, -0.2) is 12.1 Å². The van der Waals surface area contributed by atoms with Gasteiger partial charge in [-0.15, -0.1) is 0 Å². The van der Waals surface area contributed by atoms with E-state index in [2.05, 4.69) is 19.2 Å². The number of nitrogens with one attached hydrogen (secondary N) is 1. The van der Waals surface area contributed by atoms with E-state index in [1.165, 1.54) is 38.5 Å². The lowest BCUT2D eigenvalue weighted by atomic mass is 9.68. The third-order valence-corrected chi connectivity index (χ3v) is 3.84. The van der Waals surface area contributed by atoms with Gasteiger partial charge in [-0.1, -0.05) is 26.7 Å². The zero-order valence-electron chi connectivity index (χ0n) is 9.05. The summed E-state index contributed by atoms with van der Waals surface area (Å²) in [5.74, 6) is 2.02. The van der Waals surface area contributed by atoms with E-state index in [-0.39, 0.29) is 0 Å². The van der Waals surface area contributed by atoms with Gasteiger partial charge in [0, 0.05) is 12.1 Å². The molecule has 0 amide bonds. The van der Waals surface area contributed by atoms with E-state index in [1.807, 2.05) is 0 Å². The van der Waals surface area contributed by atoms with Crippen molar-refractivity contribution in [2.24, 2.45) is 11.8 Å². The molecule has 2 saturated carbocycles. The van der Waals surface area contributed by atoms with E-state index in [0.717, 1.165) is 17.9 Å². The Labute approximate surface area is 82.3 Å². The second kappa shape index (κ2) is 4.00. The molecule has 0 aromatic rings. The van der Waals surface area contributed by atoms with E-state index < -0.39 is 0 Å². The maximum absolute atomic E-state index is 3.78. The summed E-state index contributed by atoms with van der Waals surface area (Å²) in [5, 5.41) is 3.78. The highest BCUT2D eigenvalue weighted by atomic mass is 15.0. The van der Waals surface area contributed by atoms with Crippen LogP contribution in [0.3, 0.4) is 0 Å². The Hall–Kier alpha value is -0.0400. The fourth-order valence-corrected chi connectivity index (χ4v) is 3.33. The van der Waals surface area contributed by atoms with Crippen molar-refractivity contribution in [3.8, 4) is 0 Å². The average molecular weight is 181 g/mol. The zero-order chi connectivity index (χ0) is 9.26. The van der Waals surface area contributed by atoms with Crippen LogP contribution in [-0.2, 0) is 0 Å². The van der Waals surface area contributed by atoms with Gasteiger partial charge in [0.1, 0.15) is 0 Å². The van der Waals surface area contributed by atoms with Crippen LogP contribution in [0.15, 0.2) is 0 Å². The highest BCUT2D eigenvalue weighted by molar-refractivity contribution is 4.91. The molecule has 0 aromatic carbocycles. The lowest BCUT2D eigenvalue weighted by molar-refractivity contribution is 0.117. The molecule has 1 nitrogen and oxygen atoms in total. The second-order valence-electron chi connectivity index (χ2n) is 5.23. The first-order valence-corrected chi connectivity index (χ1v) is 6.03. The van der Waals surface area contributed by atoms with Crippen LogP contribution in [0.1, 0.15) is 52.4 Å². The molecule has 2 rings (SSSR count). The van der Waals surface area contributed by atoms with Gasteiger partial charge in [-0.2, -0.15) is 0 Å². The molecule has 76 valence electrons. The van der Waals surface area contributed by atoms with Crippen molar-refractivity contribution < 1.29 is 0 Å². The quantitative estimate of drug-likeness (QED) is 0.690. The van der Waals surface area contributed by atoms with Gasteiger partial charge in [-0.3, -0.25) is 0 Å². The van der Waals surface area contributed by atoms with Crippen LogP contribution >= 0.6 is 0 Å². The Kier molecular flexibility index (Phi) is 2.92. The van der Waals surface area contributed by atoms with Crippen molar-refractivity contribution in [3.63, 3.8) is 0 Å². The molecule has 0 unspecified atom stereocenters. The van der Waals surface area contributed by atoms with Crippen molar-refractivity contribution in [3.05, 3.63) is 0 Å². The molecule has 2 aliphatic carbocycles. The van der Waals surface area contributed by atoms with Crippen LogP contribution in [0.5, 0.6) is 0 Å². The summed E-state index contributed by atoms with van der Waals surface area (Å²) >= 11 is 0. The van der Waals surface area contributed by atoms with Crippen LogP contribution in [0.4, 0.5) is 0 Å². The summed E-state index contributed by atoms with van der Waals surface area (Å²) in [5.41, 5.74) is 0. The Bertz CT molecular complexity index is 143. The largest absolute Gasteiger partial charge is 0.311 e. The van der Waals surface area contributed by atoms with Gasteiger partial charge in [-0.25, -0.2) is 0 Å². The molecular formula is C12H23N. The predicted molar refractivity (Wildman–Crippen MR) is 56.7 cm³/mol. The minimum Gasteiger partial charge on any atom is -0.311 e. The van der Waals surface area contributed by atoms with Crippen molar-refractivity contribution in [2.45, 2.75) is 64.5 Å². The molecule has 0 aliphatic heterocycles. The summed E-state index contributed by atoms with van der Waals surface area (Å²) in [4.78, 5) is 0. The lowest BCUT2D eigenvalue weighted by Crippen LogP contribution is -2.49. The van der Waals surface area contributed by atoms with Gasteiger partial charge in [0.25, 0.3) is 0 Å². The molecule has 0 atom stereocenters. The van der Waals surface area contributed by atoms with E-state index in [4.69, 9.17) is 0 Å². The predicted octanol–water partition coefficient (Wildman–Crippen LogP) is 2.95. The Morgan fingerprint density at radius 1 is 0.923 bits per heavy atom. The maximum atomic E-state index is 3.78. The molecule has 0 spiro atoms.